The highest BCUT2D eigenvalue weighted by Crippen LogP contribution is 2.38. The van der Waals surface area contributed by atoms with E-state index in [0.29, 0.717) is 17.6 Å². The van der Waals surface area contributed by atoms with E-state index in [4.69, 9.17) is 0 Å². The SMILES string of the molecule is CC/C(Nc1cnn(C(C)C)c1)=C1/C(=O)Nc2ccc(C(=O)C3CC3)cc21. The molecule has 6 heteroatoms. The number of benzene rings is 1. The van der Waals surface area contributed by atoms with Crippen LogP contribution < -0.4 is 10.6 Å². The maximum Gasteiger partial charge on any atom is 0.258 e. The lowest BCUT2D eigenvalue weighted by atomic mass is 9.98. The average Bonchev–Trinajstić information content (AvgIpc) is 3.30. The number of carbonyl (C=O) groups is 2. The van der Waals surface area contributed by atoms with Gasteiger partial charge in [0.25, 0.3) is 5.91 Å². The molecule has 0 unspecified atom stereocenters. The number of rotatable bonds is 6. The Hall–Kier alpha value is -2.89. The molecule has 2 N–H and O–H groups in total. The molecule has 0 radical (unpaired) electrons. The van der Waals surface area contributed by atoms with Gasteiger partial charge in [0.2, 0.25) is 0 Å². The Morgan fingerprint density at radius 1 is 1.37 bits per heavy atom. The third kappa shape index (κ3) is 3.27. The smallest absolute Gasteiger partial charge is 0.258 e. The lowest BCUT2D eigenvalue weighted by molar-refractivity contribution is -0.110. The van der Waals surface area contributed by atoms with Gasteiger partial charge in [-0.3, -0.25) is 14.3 Å². The number of amides is 1. The van der Waals surface area contributed by atoms with Crippen molar-refractivity contribution in [3.05, 3.63) is 47.4 Å². The van der Waals surface area contributed by atoms with E-state index >= 15 is 0 Å². The van der Waals surface area contributed by atoms with Crippen LogP contribution in [-0.2, 0) is 4.79 Å². The van der Waals surface area contributed by atoms with E-state index in [-0.39, 0.29) is 23.7 Å². The number of hydrogen-bond donors (Lipinski definition) is 2. The van der Waals surface area contributed by atoms with Crippen LogP contribution in [0.2, 0.25) is 0 Å². The van der Waals surface area contributed by atoms with Crippen LogP contribution in [0.4, 0.5) is 11.4 Å². The molecule has 1 saturated carbocycles. The molecular weight excluding hydrogens is 340 g/mol. The zero-order valence-corrected chi connectivity index (χ0v) is 15.9. The van der Waals surface area contributed by atoms with Gasteiger partial charge in [-0.1, -0.05) is 6.92 Å². The number of anilines is 2. The molecular formula is C21H24N4O2. The topological polar surface area (TPSA) is 76.0 Å². The third-order valence-corrected chi connectivity index (χ3v) is 5.08. The van der Waals surface area contributed by atoms with Gasteiger partial charge < -0.3 is 10.6 Å². The van der Waals surface area contributed by atoms with Gasteiger partial charge >= 0.3 is 0 Å². The molecule has 6 nitrogen and oxygen atoms in total. The zero-order valence-electron chi connectivity index (χ0n) is 15.9. The maximum absolute atomic E-state index is 12.6. The predicted molar refractivity (Wildman–Crippen MR) is 106 cm³/mol. The summed E-state index contributed by atoms with van der Waals surface area (Å²) >= 11 is 0. The highest BCUT2D eigenvalue weighted by Gasteiger charge is 2.33. The van der Waals surface area contributed by atoms with E-state index in [0.717, 1.165) is 35.5 Å². The van der Waals surface area contributed by atoms with Gasteiger partial charge in [-0.2, -0.15) is 5.10 Å². The number of nitrogens with one attached hydrogen (secondary N) is 2. The van der Waals surface area contributed by atoms with Crippen LogP contribution in [-0.4, -0.2) is 21.5 Å². The highest BCUT2D eigenvalue weighted by atomic mass is 16.2. The molecule has 1 aliphatic heterocycles. The number of aromatic nitrogens is 2. The Morgan fingerprint density at radius 2 is 2.15 bits per heavy atom. The first kappa shape index (κ1) is 17.5. The van der Waals surface area contributed by atoms with Gasteiger partial charge in [0.05, 0.1) is 17.5 Å². The van der Waals surface area contributed by atoms with Gasteiger partial charge in [0, 0.05) is 40.7 Å². The number of Topliss-reactive ketones (excluding diaryl/α,β-unsaturated/α-hetero) is 1. The summed E-state index contributed by atoms with van der Waals surface area (Å²) in [4.78, 5) is 25.1. The van der Waals surface area contributed by atoms with Crippen molar-refractivity contribution in [3.8, 4) is 0 Å². The van der Waals surface area contributed by atoms with Gasteiger partial charge in [0.1, 0.15) is 0 Å². The normalized spacial score (nSPS) is 17.7. The van der Waals surface area contributed by atoms with Crippen molar-refractivity contribution in [2.75, 3.05) is 10.6 Å². The summed E-state index contributed by atoms with van der Waals surface area (Å²) in [5.41, 5.74) is 4.52. The molecule has 4 rings (SSSR count). The highest BCUT2D eigenvalue weighted by molar-refractivity contribution is 6.32. The van der Waals surface area contributed by atoms with Crippen LogP contribution in [0, 0.1) is 5.92 Å². The van der Waals surface area contributed by atoms with Crippen LogP contribution in [0.3, 0.4) is 0 Å². The minimum Gasteiger partial charge on any atom is -0.356 e. The first-order chi connectivity index (χ1) is 13.0. The van der Waals surface area contributed by atoms with E-state index in [1.807, 2.05) is 36.0 Å². The molecule has 1 amide bonds. The molecule has 1 aliphatic carbocycles. The number of carbonyl (C=O) groups excluding carboxylic acids is 2. The van der Waals surface area contributed by atoms with Crippen LogP contribution in [0.15, 0.2) is 36.3 Å². The first-order valence-electron chi connectivity index (χ1n) is 9.52. The lowest BCUT2D eigenvalue weighted by Crippen LogP contribution is -2.10. The Balaban J connectivity index is 1.71. The first-order valence-corrected chi connectivity index (χ1v) is 9.52. The van der Waals surface area contributed by atoms with E-state index in [1.165, 1.54) is 0 Å². The fourth-order valence-corrected chi connectivity index (χ4v) is 3.39. The molecule has 2 aromatic rings. The molecule has 27 heavy (non-hydrogen) atoms. The van der Waals surface area contributed by atoms with E-state index in [1.54, 1.807) is 6.20 Å². The van der Waals surface area contributed by atoms with Gasteiger partial charge in [-0.05, 0) is 51.3 Å². The summed E-state index contributed by atoms with van der Waals surface area (Å²) in [6.07, 6.45) is 6.30. The average molecular weight is 364 g/mol. The second-order valence-electron chi connectivity index (χ2n) is 7.49. The fraction of sp³-hybridized carbons (Fsp3) is 0.381. The summed E-state index contributed by atoms with van der Waals surface area (Å²) < 4.78 is 1.87. The minimum atomic E-state index is -0.137. The Kier molecular flexibility index (Phi) is 4.34. The summed E-state index contributed by atoms with van der Waals surface area (Å²) in [5.74, 6) is 0.202. The minimum absolute atomic E-state index is 0.137. The van der Waals surface area contributed by atoms with E-state index in [2.05, 4.69) is 29.6 Å². The second-order valence-corrected chi connectivity index (χ2v) is 7.49. The van der Waals surface area contributed by atoms with Crippen LogP contribution in [0.5, 0.6) is 0 Å². The van der Waals surface area contributed by atoms with E-state index in [9.17, 15) is 9.59 Å². The van der Waals surface area contributed by atoms with Crippen molar-refractivity contribution in [1.29, 1.82) is 0 Å². The number of nitrogens with zero attached hydrogens (tertiary/aromatic N) is 2. The monoisotopic (exact) mass is 364 g/mol. The standard InChI is InChI=1S/C21H24N4O2/c1-4-17(23-15-10-22-25(11-15)12(2)3)19-16-9-14(20(26)13-5-6-13)7-8-18(16)24-21(19)27/h7-13,23H,4-6H2,1-3H3,(H,24,27)/b19-17-. The molecule has 0 atom stereocenters. The molecule has 0 spiro atoms. The van der Waals surface area contributed by atoms with Crippen LogP contribution in [0.25, 0.3) is 5.57 Å². The summed E-state index contributed by atoms with van der Waals surface area (Å²) in [6, 6.07) is 5.77. The fourth-order valence-electron chi connectivity index (χ4n) is 3.39. The number of allylic oxidation sites excluding steroid dienone is 1. The predicted octanol–water partition coefficient (Wildman–Crippen LogP) is 4.24. The zero-order chi connectivity index (χ0) is 19.1. The Bertz CT molecular complexity index is 951. The molecule has 2 aliphatic rings. The maximum atomic E-state index is 12.6. The van der Waals surface area contributed by atoms with Crippen LogP contribution in [0.1, 0.15) is 62.0 Å². The Labute approximate surface area is 158 Å². The largest absolute Gasteiger partial charge is 0.356 e. The van der Waals surface area contributed by atoms with Crippen molar-refractivity contribution in [2.45, 2.75) is 46.1 Å². The molecule has 1 aromatic carbocycles. The van der Waals surface area contributed by atoms with Crippen LogP contribution >= 0.6 is 0 Å². The molecule has 1 fully saturated rings. The lowest BCUT2D eigenvalue weighted by Gasteiger charge is -2.11. The third-order valence-electron chi connectivity index (χ3n) is 5.08. The second kappa shape index (κ2) is 6.68. The van der Waals surface area contributed by atoms with Crippen molar-refractivity contribution >= 4 is 28.6 Å². The quantitative estimate of drug-likeness (QED) is 0.594. The summed E-state index contributed by atoms with van der Waals surface area (Å²) in [6.45, 7) is 6.14. The van der Waals surface area contributed by atoms with Crippen molar-refractivity contribution in [2.24, 2.45) is 5.92 Å². The molecule has 2 heterocycles. The summed E-state index contributed by atoms with van der Waals surface area (Å²) in [7, 11) is 0. The van der Waals surface area contributed by atoms with Crippen molar-refractivity contribution in [1.82, 2.24) is 9.78 Å². The molecule has 0 bridgehead atoms. The van der Waals surface area contributed by atoms with Crippen molar-refractivity contribution in [3.63, 3.8) is 0 Å². The van der Waals surface area contributed by atoms with Gasteiger partial charge in [-0.15, -0.1) is 0 Å². The number of ketones is 1. The molecule has 1 aromatic heterocycles. The van der Waals surface area contributed by atoms with Gasteiger partial charge in [-0.25, -0.2) is 0 Å². The van der Waals surface area contributed by atoms with E-state index < -0.39 is 0 Å². The molecule has 0 saturated heterocycles. The Morgan fingerprint density at radius 3 is 2.78 bits per heavy atom. The molecule has 140 valence electrons. The summed E-state index contributed by atoms with van der Waals surface area (Å²) in [5, 5.41) is 10.6. The van der Waals surface area contributed by atoms with Gasteiger partial charge in [0.15, 0.2) is 5.78 Å². The number of hydrogen-bond acceptors (Lipinski definition) is 4. The number of fused-ring (bicyclic) bond motifs is 1. The van der Waals surface area contributed by atoms with Crippen molar-refractivity contribution < 1.29 is 9.59 Å².